The van der Waals surface area contributed by atoms with Crippen molar-refractivity contribution in [3.63, 3.8) is 0 Å². The van der Waals surface area contributed by atoms with Gasteiger partial charge < -0.3 is 10.4 Å². The molecule has 17 heavy (non-hydrogen) atoms. The number of benzene rings is 1. The summed E-state index contributed by atoms with van der Waals surface area (Å²) in [5.74, 6) is 0.572. The van der Waals surface area contributed by atoms with Crippen molar-refractivity contribution in [2.75, 3.05) is 13.6 Å². The fourth-order valence-corrected chi connectivity index (χ4v) is 1.51. The second-order valence-electron chi connectivity index (χ2n) is 3.75. The number of rotatable bonds is 5. The van der Waals surface area contributed by atoms with E-state index >= 15 is 0 Å². The molecule has 1 aromatic carbocycles. The first-order chi connectivity index (χ1) is 8.29. The molecule has 2 rings (SSSR count). The monoisotopic (exact) mass is 233 g/mol. The Kier molecular flexibility index (Phi) is 3.79. The predicted molar refractivity (Wildman–Crippen MR) is 63.2 cm³/mol. The lowest BCUT2D eigenvalue weighted by Crippen LogP contribution is -2.28. The van der Waals surface area contributed by atoms with E-state index < -0.39 is 6.10 Å². The number of aliphatic hydroxyl groups excluding tert-OH is 1. The van der Waals surface area contributed by atoms with Crippen LogP contribution in [0.1, 0.15) is 0 Å². The SMILES string of the molecule is CNCC(O)Cn1nnc(-c2ccccc2)n1. The van der Waals surface area contributed by atoms with Gasteiger partial charge in [-0.25, -0.2) is 0 Å². The van der Waals surface area contributed by atoms with Gasteiger partial charge in [0.05, 0.1) is 12.6 Å². The molecule has 0 aliphatic heterocycles. The maximum Gasteiger partial charge on any atom is 0.204 e. The predicted octanol–water partition coefficient (Wildman–Crippen LogP) is -0.0796. The van der Waals surface area contributed by atoms with Gasteiger partial charge in [0.25, 0.3) is 0 Å². The summed E-state index contributed by atoms with van der Waals surface area (Å²) < 4.78 is 0. The van der Waals surface area contributed by atoms with Crippen LogP contribution in [0.5, 0.6) is 0 Å². The van der Waals surface area contributed by atoms with Gasteiger partial charge in [-0.15, -0.1) is 10.2 Å². The Hall–Kier alpha value is -1.79. The van der Waals surface area contributed by atoms with Crippen molar-refractivity contribution in [1.82, 2.24) is 25.5 Å². The summed E-state index contributed by atoms with van der Waals surface area (Å²) in [7, 11) is 1.79. The summed E-state index contributed by atoms with van der Waals surface area (Å²) in [6.45, 7) is 0.836. The minimum atomic E-state index is -0.516. The molecule has 1 unspecified atom stereocenters. The average Bonchev–Trinajstić information content (AvgIpc) is 2.79. The van der Waals surface area contributed by atoms with Gasteiger partial charge in [-0.3, -0.25) is 0 Å². The third-order valence-corrected chi connectivity index (χ3v) is 2.30. The third-order valence-electron chi connectivity index (χ3n) is 2.30. The molecule has 0 fully saturated rings. The summed E-state index contributed by atoms with van der Waals surface area (Å²) in [4.78, 5) is 1.41. The molecule has 6 heteroatoms. The summed E-state index contributed by atoms with van der Waals surface area (Å²) in [6, 6.07) is 9.62. The zero-order valence-electron chi connectivity index (χ0n) is 9.61. The highest BCUT2D eigenvalue weighted by molar-refractivity contribution is 5.52. The van der Waals surface area contributed by atoms with Gasteiger partial charge in [-0.2, -0.15) is 4.80 Å². The second kappa shape index (κ2) is 5.51. The van der Waals surface area contributed by atoms with E-state index in [-0.39, 0.29) is 0 Å². The highest BCUT2D eigenvalue weighted by Crippen LogP contribution is 2.11. The quantitative estimate of drug-likeness (QED) is 0.755. The van der Waals surface area contributed by atoms with E-state index in [1.807, 2.05) is 30.3 Å². The highest BCUT2D eigenvalue weighted by atomic mass is 16.3. The van der Waals surface area contributed by atoms with Crippen molar-refractivity contribution >= 4 is 0 Å². The second-order valence-corrected chi connectivity index (χ2v) is 3.75. The third kappa shape index (κ3) is 3.08. The minimum Gasteiger partial charge on any atom is -0.390 e. The van der Waals surface area contributed by atoms with Crippen LogP contribution in [0.15, 0.2) is 30.3 Å². The maximum absolute atomic E-state index is 9.59. The Bertz CT molecular complexity index is 456. The summed E-state index contributed by atoms with van der Waals surface area (Å²) in [5, 5.41) is 24.5. The van der Waals surface area contributed by atoms with E-state index in [2.05, 4.69) is 20.7 Å². The number of aliphatic hydroxyl groups is 1. The first-order valence-corrected chi connectivity index (χ1v) is 5.45. The Balaban J connectivity index is 2.06. The van der Waals surface area contributed by atoms with Crippen LogP contribution in [0.3, 0.4) is 0 Å². The summed E-state index contributed by atoms with van der Waals surface area (Å²) in [5.41, 5.74) is 0.918. The molecule has 1 heterocycles. The lowest BCUT2D eigenvalue weighted by atomic mass is 10.2. The largest absolute Gasteiger partial charge is 0.390 e. The van der Waals surface area contributed by atoms with E-state index in [1.54, 1.807) is 7.05 Å². The van der Waals surface area contributed by atoms with Crippen LogP contribution in [0, 0.1) is 0 Å². The van der Waals surface area contributed by atoms with Crippen LogP contribution >= 0.6 is 0 Å². The topological polar surface area (TPSA) is 75.9 Å². The number of likely N-dealkylation sites (N-methyl/N-ethyl adjacent to an activating group) is 1. The highest BCUT2D eigenvalue weighted by Gasteiger charge is 2.08. The van der Waals surface area contributed by atoms with Gasteiger partial charge in [0.1, 0.15) is 0 Å². The van der Waals surface area contributed by atoms with Crippen LogP contribution in [0.2, 0.25) is 0 Å². The van der Waals surface area contributed by atoms with Crippen molar-refractivity contribution in [3.05, 3.63) is 30.3 Å². The number of nitrogens with one attached hydrogen (secondary N) is 1. The zero-order valence-corrected chi connectivity index (χ0v) is 9.61. The van der Waals surface area contributed by atoms with Crippen molar-refractivity contribution in [1.29, 1.82) is 0 Å². The maximum atomic E-state index is 9.59. The molecule has 2 N–H and O–H groups in total. The van der Waals surface area contributed by atoms with Crippen molar-refractivity contribution in [3.8, 4) is 11.4 Å². The van der Waals surface area contributed by atoms with Crippen molar-refractivity contribution in [2.45, 2.75) is 12.6 Å². The molecule has 0 saturated heterocycles. The Morgan fingerprint density at radius 1 is 1.35 bits per heavy atom. The molecule has 1 aromatic heterocycles. The van der Waals surface area contributed by atoms with Crippen LogP contribution in [-0.2, 0) is 6.54 Å². The van der Waals surface area contributed by atoms with E-state index in [9.17, 15) is 5.11 Å². The molecule has 90 valence electrons. The molecule has 0 aliphatic rings. The Morgan fingerprint density at radius 2 is 2.12 bits per heavy atom. The number of tetrazole rings is 1. The van der Waals surface area contributed by atoms with E-state index in [0.29, 0.717) is 18.9 Å². The number of hydrogen-bond donors (Lipinski definition) is 2. The molecule has 0 spiro atoms. The van der Waals surface area contributed by atoms with Crippen LogP contribution in [0.4, 0.5) is 0 Å². The summed E-state index contributed by atoms with van der Waals surface area (Å²) >= 11 is 0. The molecule has 2 aromatic rings. The minimum absolute atomic E-state index is 0.334. The van der Waals surface area contributed by atoms with E-state index in [4.69, 9.17) is 0 Å². The Morgan fingerprint density at radius 3 is 2.82 bits per heavy atom. The van der Waals surface area contributed by atoms with Gasteiger partial charge in [-0.1, -0.05) is 30.3 Å². The van der Waals surface area contributed by atoms with E-state index in [0.717, 1.165) is 5.56 Å². The van der Waals surface area contributed by atoms with Crippen molar-refractivity contribution in [2.24, 2.45) is 0 Å². The molecular formula is C11H15N5O. The number of hydrogen-bond acceptors (Lipinski definition) is 5. The standard InChI is InChI=1S/C11H15N5O/c1-12-7-10(17)8-16-14-11(13-15-16)9-5-3-2-4-6-9/h2-6,10,12,17H,7-8H2,1H3. The van der Waals surface area contributed by atoms with Crippen LogP contribution in [-0.4, -0.2) is 45.0 Å². The van der Waals surface area contributed by atoms with Gasteiger partial charge in [0.2, 0.25) is 5.82 Å². The molecule has 6 nitrogen and oxygen atoms in total. The molecule has 0 radical (unpaired) electrons. The molecule has 0 bridgehead atoms. The normalized spacial score (nSPS) is 12.6. The average molecular weight is 233 g/mol. The first-order valence-electron chi connectivity index (χ1n) is 5.45. The lowest BCUT2D eigenvalue weighted by Gasteiger charge is -2.07. The number of aromatic nitrogens is 4. The lowest BCUT2D eigenvalue weighted by molar-refractivity contribution is 0.143. The van der Waals surface area contributed by atoms with Gasteiger partial charge in [0, 0.05) is 12.1 Å². The molecule has 0 saturated carbocycles. The Labute approximate surface area is 99.3 Å². The summed E-state index contributed by atoms with van der Waals surface area (Å²) in [6.07, 6.45) is -0.516. The number of nitrogens with zero attached hydrogens (tertiary/aromatic N) is 4. The smallest absolute Gasteiger partial charge is 0.204 e. The fourth-order valence-electron chi connectivity index (χ4n) is 1.51. The molecular weight excluding hydrogens is 218 g/mol. The van der Waals surface area contributed by atoms with Crippen molar-refractivity contribution < 1.29 is 5.11 Å². The fraction of sp³-hybridized carbons (Fsp3) is 0.364. The van der Waals surface area contributed by atoms with E-state index in [1.165, 1.54) is 4.80 Å². The zero-order chi connectivity index (χ0) is 12.1. The molecule has 0 aliphatic carbocycles. The van der Waals surface area contributed by atoms with Gasteiger partial charge >= 0.3 is 0 Å². The van der Waals surface area contributed by atoms with Gasteiger partial charge in [0.15, 0.2) is 0 Å². The van der Waals surface area contributed by atoms with Crippen LogP contribution in [0.25, 0.3) is 11.4 Å². The van der Waals surface area contributed by atoms with Crippen LogP contribution < -0.4 is 5.32 Å². The molecule has 0 amide bonds. The van der Waals surface area contributed by atoms with Gasteiger partial charge in [-0.05, 0) is 12.3 Å². The molecule has 1 atom stereocenters. The first kappa shape index (κ1) is 11.7.